The first-order valence-corrected chi connectivity index (χ1v) is 10.1. The Morgan fingerprint density at radius 2 is 1.69 bits per heavy atom. The standard InChI is InChI=1S/C23H19NO4S/c1-2-28-23(27)21-19(20(26)15-9-5-3-6-10-15)17-13-14-18(25)24(22(17)29-21)16-11-7-4-8-12-16/h3-14,20,26H,2H2,1H3. The molecule has 1 unspecified atom stereocenters. The average Bonchev–Trinajstić information content (AvgIpc) is 3.14. The van der Waals surface area contributed by atoms with Gasteiger partial charge in [0.15, 0.2) is 0 Å². The van der Waals surface area contributed by atoms with Crippen LogP contribution in [0, 0.1) is 0 Å². The molecule has 0 fully saturated rings. The van der Waals surface area contributed by atoms with Crippen molar-refractivity contribution in [1.82, 2.24) is 4.57 Å². The van der Waals surface area contributed by atoms with Crippen LogP contribution in [-0.4, -0.2) is 22.2 Å². The van der Waals surface area contributed by atoms with Gasteiger partial charge < -0.3 is 9.84 Å². The van der Waals surface area contributed by atoms with E-state index in [1.54, 1.807) is 29.7 Å². The molecule has 0 aliphatic rings. The van der Waals surface area contributed by atoms with Gasteiger partial charge in [-0.3, -0.25) is 9.36 Å². The molecule has 0 spiro atoms. The molecular weight excluding hydrogens is 386 g/mol. The lowest BCUT2D eigenvalue weighted by molar-refractivity contribution is 0.0527. The number of thiophene rings is 1. The molecule has 2 aromatic heterocycles. The van der Waals surface area contributed by atoms with E-state index >= 15 is 0 Å². The summed E-state index contributed by atoms with van der Waals surface area (Å²) in [6.07, 6.45) is -1.02. The SMILES string of the molecule is CCOC(=O)c1sc2c(ccc(=O)n2-c2ccccc2)c1C(O)c1ccccc1. The molecule has 0 aliphatic carbocycles. The van der Waals surface area contributed by atoms with Crippen LogP contribution < -0.4 is 5.56 Å². The van der Waals surface area contributed by atoms with Crippen LogP contribution >= 0.6 is 11.3 Å². The fourth-order valence-corrected chi connectivity index (χ4v) is 4.59. The second kappa shape index (κ2) is 8.03. The first-order valence-electron chi connectivity index (χ1n) is 9.25. The van der Waals surface area contributed by atoms with Crippen molar-refractivity contribution in [1.29, 1.82) is 0 Å². The van der Waals surface area contributed by atoms with E-state index < -0.39 is 12.1 Å². The fraction of sp³-hybridized carbons (Fsp3) is 0.130. The topological polar surface area (TPSA) is 68.5 Å². The second-order valence-electron chi connectivity index (χ2n) is 6.44. The Labute approximate surface area is 171 Å². The van der Waals surface area contributed by atoms with E-state index in [0.29, 0.717) is 31.9 Å². The van der Waals surface area contributed by atoms with Gasteiger partial charge in [-0.25, -0.2) is 4.79 Å². The molecule has 0 radical (unpaired) electrons. The fourth-order valence-electron chi connectivity index (χ4n) is 3.34. The normalized spacial score (nSPS) is 12.1. The van der Waals surface area contributed by atoms with Crippen LogP contribution in [-0.2, 0) is 4.74 Å². The smallest absolute Gasteiger partial charge is 0.348 e. The molecule has 4 rings (SSSR count). The Morgan fingerprint density at radius 3 is 2.34 bits per heavy atom. The summed E-state index contributed by atoms with van der Waals surface area (Å²) in [6, 6.07) is 21.5. The third-order valence-electron chi connectivity index (χ3n) is 4.64. The van der Waals surface area contributed by atoms with Crippen molar-refractivity contribution in [2.24, 2.45) is 0 Å². The van der Waals surface area contributed by atoms with Gasteiger partial charge in [-0.2, -0.15) is 0 Å². The summed E-state index contributed by atoms with van der Waals surface area (Å²) in [5.41, 5.74) is 1.61. The molecular formula is C23H19NO4S. The monoisotopic (exact) mass is 405 g/mol. The van der Waals surface area contributed by atoms with Crippen LogP contribution in [0.5, 0.6) is 0 Å². The van der Waals surface area contributed by atoms with E-state index in [1.165, 1.54) is 6.07 Å². The Balaban J connectivity index is 2.02. The van der Waals surface area contributed by atoms with E-state index in [0.717, 1.165) is 11.3 Å². The molecule has 6 heteroatoms. The number of carbonyl (C=O) groups is 1. The number of fused-ring (bicyclic) bond motifs is 1. The molecule has 146 valence electrons. The predicted octanol–water partition coefficient (Wildman–Crippen LogP) is 4.31. The Morgan fingerprint density at radius 1 is 1.03 bits per heavy atom. The maximum atomic E-state index is 12.7. The summed E-state index contributed by atoms with van der Waals surface area (Å²) >= 11 is 1.16. The van der Waals surface area contributed by atoms with Crippen molar-refractivity contribution < 1.29 is 14.6 Å². The average molecular weight is 405 g/mol. The molecule has 0 amide bonds. The molecule has 4 aromatic rings. The van der Waals surface area contributed by atoms with E-state index in [2.05, 4.69) is 0 Å². The zero-order valence-corrected chi connectivity index (χ0v) is 16.6. The quantitative estimate of drug-likeness (QED) is 0.503. The van der Waals surface area contributed by atoms with Crippen LogP contribution in [0.4, 0.5) is 0 Å². The molecule has 0 saturated carbocycles. The molecule has 2 heterocycles. The second-order valence-corrected chi connectivity index (χ2v) is 7.44. The number of benzene rings is 2. The van der Waals surface area contributed by atoms with Crippen LogP contribution in [0.25, 0.3) is 15.9 Å². The zero-order chi connectivity index (χ0) is 20.4. The van der Waals surface area contributed by atoms with E-state index in [-0.39, 0.29) is 12.2 Å². The lowest BCUT2D eigenvalue weighted by Crippen LogP contribution is -2.16. The van der Waals surface area contributed by atoms with Crippen molar-refractivity contribution in [2.75, 3.05) is 6.61 Å². The van der Waals surface area contributed by atoms with Crippen LogP contribution in [0.1, 0.15) is 33.8 Å². The van der Waals surface area contributed by atoms with Gasteiger partial charge in [-0.1, -0.05) is 48.5 Å². The number of para-hydroxylation sites is 1. The minimum absolute atomic E-state index is 0.207. The maximum absolute atomic E-state index is 12.7. The number of aliphatic hydroxyl groups excluding tert-OH is 1. The maximum Gasteiger partial charge on any atom is 0.348 e. The summed E-state index contributed by atoms with van der Waals surface area (Å²) in [6.45, 7) is 1.96. The number of esters is 1. The van der Waals surface area contributed by atoms with Gasteiger partial charge in [-0.15, -0.1) is 11.3 Å². The number of hydrogen-bond acceptors (Lipinski definition) is 5. The highest BCUT2D eigenvalue weighted by atomic mass is 32.1. The van der Waals surface area contributed by atoms with E-state index in [4.69, 9.17) is 4.74 Å². The molecule has 29 heavy (non-hydrogen) atoms. The third kappa shape index (κ3) is 3.48. The number of nitrogens with zero attached hydrogens (tertiary/aromatic N) is 1. The highest BCUT2D eigenvalue weighted by molar-refractivity contribution is 7.20. The van der Waals surface area contributed by atoms with Gasteiger partial charge >= 0.3 is 5.97 Å². The zero-order valence-electron chi connectivity index (χ0n) is 15.7. The number of ether oxygens (including phenoxy) is 1. The van der Waals surface area contributed by atoms with Gasteiger partial charge in [0.05, 0.1) is 12.3 Å². The van der Waals surface area contributed by atoms with Crippen LogP contribution in [0.2, 0.25) is 0 Å². The Kier molecular flexibility index (Phi) is 5.29. The number of carbonyl (C=O) groups excluding carboxylic acids is 1. The minimum Gasteiger partial charge on any atom is -0.462 e. The third-order valence-corrected chi connectivity index (χ3v) is 5.83. The highest BCUT2D eigenvalue weighted by Gasteiger charge is 2.27. The molecule has 1 atom stereocenters. The summed E-state index contributed by atoms with van der Waals surface area (Å²) in [5.74, 6) is -0.509. The van der Waals surface area contributed by atoms with Gasteiger partial charge in [0.25, 0.3) is 5.56 Å². The molecule has 0 saturated heterocycles. The van der Waals surface area contributed by atoms with E-state index in [9.17, 15) is 14.7 Å². The number of hydrogen-bond donors (Lipinski definition) is 1. The van der Waals surface area contributed by atoms with Crippen LogP contribution in [0.15, 0.2) is 77.6 Å². The Hall–Kier alpha value is -3.22. The Bertz CT molecular complexity index is 1210. The molecule has 2 aromatic carbocycles. The van der Waals surface area contributed by atoms with Crippen molar-refractivity contribution in [3.8, 4) is 5.69 Å². The minimum atomic E-state index is -1.02. The van der Waals surface area contributed by atoms with Gasteiger partial charge in [0.2, 0.25) is 0 Å². The molecule has 1 N–H and O–H groups in total. The van der Waals surface area contributed by atoms with E-state index in [1.807, 2.05) is 48.5 Å². The summed E-state index contributed by atoms with van der Waals surface area (Å²) in [7, 11) is 0. The van der Waals surface area contributed by atoms with Gasteiger partial charge in [0, 0.05) is 17.0 Å². The summed E-state index contributed by atoms with van der Waals surface area (Å²) in [4.78, 5) is 26.3. The number of rotatable bonds is 5. The molecule has 0 bridgehead atoms. The number of aliphatic hydroxyl groups is 1. The van der Waals surface area contributed by atoms with Gasteiger partial charge in [-0.05, 0) is 30.7 Å². The number of aromatic nitrogens is 1. The first-order chi connectivity index (χ1) is 14.1. The molecule has 5 nitrogen and oxygen atoms in total. The number of pyridine rings is 1. The first kappa shape index (κ1) is 19.1. The van der Waals surface area contributed by atoms with Crippen LogP contribution in [0.3, 0.4) is 0 Å². The van der Waals surface area contributed by atoms with Crippen molar-refractivity contribution in [2.45, 2.75) is 13.0 Å². The summed E-state index contributed by atoms with van der Waals surface area (Å²) < 4.78 is 6.79. The van der Waals surface area contributed by atoms with Crippen molar-refractivity contribution >= 4 is 27.5 Å². The van der Waals surface area contributed by atoms with Crippen molar-refractivity contribution in [3.05, 3.63) is 99.2 Å². The lowest BCUT2D eigenvalue weighted by atomic mass is 9.99. The van der Waals surface area contributed by atoms with Gasteiger partial charge in [0.1, 0.15) is 15.8 Å². The summed E-state index contributed by atoms with van der Waals surface area (Å²) in [5, 5.41) is 11.8. The molecule has 0 aliphatic heterocycles. The highest BCUT2D eigenvalue weighted by Crippen LogP contribution is 2.38. The largest absolute Gasteiger partial charge is 0.462 e. The lowest BCUT2D eigenvalue weighted by Gasteiger charge is -2.13. The predicted molar refractivity (Wildman–Crippen MR) is 114 cm³/mol. The van der Waals surface area contributed by atoms with Crippen molar-refractivity contribution in [3.63, 3.8) is 0 Å².